The second-order valence-electron chi connectivity index (χ2n) is 9.10. The van der Waals surface area contributed by atoms with Crippen molar-refractivity contribution >= 4 is 5.91 Å². The van der Waals surface area contributed by atoms with Gasteiger partial charge in [-0.05, 0) is 25.3 Å². The van der Waals surface area contributed by atoms with Crippen LogP contribution in [-0.2, 0) is 21.4 Å². The Morgan fingerprint density at radius 1 is 1.13 bits per heavy atom. The highest BCUT2D eigenvalue weighted by Gasteiger charge is 2.44. The summed E-state index contributed by atoms with van der Waals surface area (Å²) in [6.45, 7) is 7.47. The maximum Gasteiger partial charge on any atom is 0.252 e. The summed E-state index contributed by atoms with van der Waals surface area (Å²) in [4.78, 5) is 13.3. The number of amides is 1. The van der Waals surface area contributed by atoms with Gasteiger partial charge in [0.1, 0.15) is 11.5 Å². The summed E-state index contributed by atoms with van der Waals surface area (Å²) >= 11 is 0. The zero-order chi connectivity index (χ0) is 21.9. The van der Waals surface area contributed by atoms with Crippen molar-refractivity contribution in [2.75, 3.05) is 13.2 Å². The van der Waals surface area contributed by atoms with E-state index in [1.165, 1.54) is 11.1 Å². The van der Waals surface area contributed by atoms with Gasteiger partial charge in [0.2, 0.25) is 0 Å². The average Bonchev–Trinajstić information content (AvgIpc) is 3.44. The molecule has 4 rings (SSSR count). The first kappa shape index (κ1) is 21.3. The molecule has 0 bridgehead atoms. The second kappa shape index (κ2) is 8.67. The summed E-state index contributed by atoms with van der Waals surface area (Å²) in [6.07, 6.45) is 1.91. The Kier molecular flexibility index (Phi) is 5.96. The number of nitrogens with zero attached hydrogens (tertiary/aromatic N) is 1. The highest BCUT2D eigenvalue weighted by atomic mass is 16.5. The fourth-order valence-corrected chi connectivity index (χ4v) is 4.09. The van der Waals surface area contributed by atoms with Crippen molar-refractivity contribution in [1.29, 1.82) is 0 Å². The molecule has 5 heteroatoms. The number of benzene rings is 2. The predicted octanol–water partition coefficient (Wildman–Crippen LogP) is 4.84. The molecule has 5 nitrogen and oxygen atoms in total. The van der Waals surface area contributed by atoms with Gasteiger partial charge in [0.15, 0.2) is 5.60 Å². The normalized spacial score (nSPS) is 18.8. The lowest BCUT2D eigenvalue weighted by Gasteiger charge is -2.30. The Labute approximate surface area is 183 Å². The van der Waals surface area contributed by atoms with E-state index in [2.05, 4.69) is 55.5 Å². The molecule has 162 valence electrons. The van der Waals surface area contributed by atoms with Gasteiger partial charge < -0.3 is 14.6 Å². The Morgan fingerprint density at radius 3 is 2.55 bits per heavy atom. The third-order valence-corrected chi connectivity index (χ3v) is 6.13. The minimum atomic E-state index is -0.906. The van der Waals surface area contributed by atoms with Gasteiger partial charge in [-0.15, -0.1) is 0 Å². The molecule has 1 saturated heterocycles. The van der Waals surface area contributed by atoms with Crippen molar-refractivity contribution in [3.8, 4) is 11.3 Å². The monoisotopic (exact) mass is 418 g/mol. The summed E-state index contributed by atoms with van der Waals surface area (Å²) in [5, 5.41) is 7.34. The number of nitrogens with one attached hydrogen (secondary N) is 1. The number of carbonyl (C=O) groups is 1. The number of aryl methyl sites for hydroxylation is 1. The molecule has 1 aliphatic heterocycles. The van der Waals surface area contributed by atoms with E-state index in [1.54, 1.807) is 0 Å². The van der Waals surface area contributed by atoms with Crippen LogP contribution in [0.3, 0.4) is 0 Å². The highest BCUT2D eigenvalue weighted by molar-refractivity contribution is 5.86. The van der Waals surface area contributed by atoms with E-state index in [4.69, 9.17) is 9.26 Å². The van der Waals surface area contributed by atoms with Gasteiger partial charge in [-0.1, -0.05) is 79.2 Å². The van der Waals surface area contributed by atoms with E-state index in [0.717, 1.165) is 17.7 Å². The molecule has 0 saturated carbocycles. The van der Waals surface area contributed by atoms with Crippen LogP contribution in [0.5, 0.6) is 0 Å². The number of ether oxygens (including phenoxy) is 1. The van der Waals surface area contributed by atoms with Crippen LogP contribution in [0.4, 0.5) is 0 Å². The molecule has 1 amide bonds. The van der Waals surface area contributed by atoms with Crippen LogP contribution >= 0.6 is 0 Å². The van der Waals surface area contributed by atoms with Crippen molar-refractivity contribution in [2.24, 2.45) is 0 Å². The molecule has 0 radical (unpaired) electrons. The third-order valence-electron chi connectivity index (χ3n) is 6.13. The van der Waals surface area contributed by atoms with Crippen LogP contribution in [0.25, 0.3) is 11.3 Å². The van der Waals surface area contributed by atoms with Crippen LogP contribution in [-0.4, -0.2) is 29.8 Å². The average molecular weight is 419 g/mol. The van der Waals surface area contributed by atoms with Crippen molar-refractivity contribution in [1.82, 2.24) is 10.5 Å². The number of rotatable bonds is 7. The summed E-state index contributed by atoms with van der Waals surface area (Å²) in [5.74, 6) is 0.580. The van der Waals surface area contributed by atoms with Gasteiger partial charge in [-0.3, -0.25) is 4.79 Å². The van der Waals surface area contributed by atoms with Gasteiger partial charge in [0.25, 0.3) is 5.91 Å². The number of hydrogen-bond donors (Lipinski definition) is 1. The van der Waals surface area contributed by atoms with E-state index in [-0.39, 0.29) is 11.3 Å². The summed E-state index contributed by atoms with van der Waals surface area (Å²) in [5.41, 5.74) is 3.09. The molecule has 2 heterocycles. The molecule has 3 aromatic rings. The van der Waals surface area contributed by atoms with Gasteiger partial charge in [-0.25, -0.2) is 0 Å². The molecule has 1 aromatic heterocycles. The van der Waals surface area contributed by atoms with Gasteiger partial charge in [0.05, 0.1) is 0 Å². The topological polar surface area (TPSA) is 64.4 Å². The van der Waals surface area contributed by atoms with Crippen LogP contribution in [0.1, 0.15) is 43.6 Å². The molecule has 1 aliphatic rings. The minimum absolute atomic E-state index is 0.0807. The van der Waals surface area contributed by atoms with Crippen molar-refractivity contribution in [3.05, 3.63) is 77.6 Å². The predicted molar refractivity (Wildman–Crippen MR) is 121 cm³/mol. The molecule has 1 atom stereocenters. The minimum Gasteiger partial charge on any atom is -0.365 e. The Balaban J connectivity index is 1.46. The van der Waals surface area contributed by atoms with E-state index in [9.17, 15) is 4.79 Å². The first-order valence-corrected chi connectivity index (χ1v) is 10.9. The first-order valence-electron chi connectivity index (χ1n) is 10.9. The molecule has 1 fully saturated rings. The van der Waals surface area contributed by atoms with Crippen molar-refractivity contribution < 1.29 is 14.1 Å². The molecule has 2 aromatic carbocycles. The second-order valence-corrected chi connectivity index (χ2v) is 9.10. The highest BCUT2D eigenvalue weighted by Crippen LogP contribution is 2.32. The number of carbonyl (C=O) groups excluding carboxylic acids is 1. The van der Waals surface area contributed by atoms with Crippen LogP contribution in [0.2, 0.25) is 0 Å². The fourth-order valence-electron chi connectivity index (χ4n) is 4.09. The largest absolute Gasteiger partial charge is 0.365 e. The smallest absolute Gasteiger partial charge is 0.252 e. The Morgan fingerprint density at radius 2 is 1.87 bits per heavy atom. The molecule has 1 N–H and O–H groups in total. The van der Waals surface area contributed by atoms with Crippen molar-refractivity contribution in [3.63, 3.8) is 0 Å². The lowest BCUT2D eigenvalue weighted by molar-refractivity contribution is -0.142. The van der Waals surface area contributed by atoms with Gasteiger partial charge in [0, 0.05) is 36.6 Å². The van der Waals surface area contributed by atoms with E-state index in [0.29, 0.717) is 31.8 Å². The lowest BCUT2D eigenvalue weighted by atomic mass is 9.83. The maximum absolute atomic E-state index is 13.3. The van der Waals surface area contributed by atoms with Crippen molar-refractivity contribution in [2.45, 2.75) is 51.0 Å². The van der Waals surface area contributed by atoms with E-state index < -0.39 is 5.60 Å². The zero-order valence-electron chi connectivity index (χ0n) is 18.5. The summed E-state index contributed by atoms with van der Waals surface area (Å²) in [7, 11) is 0. The maximum atomic E-state index is 13.3. The van der Waals surface area contributed by atoms with Gasteiger partial charge >= 0.3 is 0 Å². The zero-order valence-corrected chi connectivity index (χ0v) is 18.5. The number of hydrogen-bond acceptors (Lipinski definition) is 4. The molecule has 0 spiro atoms. The SMILES string of the molecule is Cc1ccc(C(C)(C)CNC(=O)[C@@]2(Cc3cc(-c4ccccc4)no3)CCCO2)cc1. The Hall–Kier alpha value is -2.92. The van der Waals surface area contributed by atoms with E-state index in [1.807, 2.05) is 36.4 Å². The lowest BCUT2D eigenvalue weighted by Crippen LogP contribution is -2.50. The van der Waals surface area contributed by atoms with Crippen LogP contribution < -0.4 is 5.32 Å². The molecule has 0 unspecified atom stereocenters. The van der Waals surface area contributed by atoms with Crippen LogP contribution in [0.15, 0.2) is 65.2 Å². The molecule has 31 heavy (non-hydrogen) atoms. The summed E-state index contributed by atoms with van der Waals surface area (Å²) in [6, 6.07) is 20.3. The Bertz CT molecular complexity index is 1020. The standard InChI is InChI=1S/C26H30N2O3/c1-19-10-12-21(13-11-19)25(2,3)18-27-24(29)26(14-7-15-30-26)17-22-16-23(28-31-22)20-8-5-4-6-9-20/h4-6,8-13,16H,7,14-15,17-18H2,1-3H3,(H,27,29)/t26-/m0/s1. The van der Waals surface area contributed by atoms with Gasteiger partial charge in [-0.2, -0.15) is 0 Å². The molecule has 0 aliphatic carbocycles. The first-order chi connectivity index (χ1) is 14.9. The number of aromatic nitrogens is 1. The molecular formula is C26H30N2O3. The quantitative estimate of drug-likeness (QED) is 0.597. The van der Waals surface area contributed by atoms with Crippen LogP contribution in [0, 0.1) is 6.92 Å². The molecular weight excluding hydrogens is 388 g/mol. The van der Waals surface area contributed by atoms with E-state index >= 15 is 0 Å². The third kappa shape index (κ3) is 4.72. The summed E-state index contributed by atoms with van der Waals surface area (Å²) < 4.78 is 11.6. The fraction of sp³-hybridized carbons (Fsp3) is 0.385.